The number of benzene rings is 1. The summed E-state index contributed by atoms with van der Waals surface area (Å²) in [6.07, 6.45) is 5.52. The summed E-state index contributed by atoms with van der Waals surface area (Å²) in [5, 5.41) is 3.38. The van der Waals surface area contributed by atoms with Crippen molar-refractivity contribution in [1.82, 2.24) is 5.32 Å². The fourth-order valence-electron chi connectivity index (χ4n) is 3.13. The monoisotopic (exact) mass is 333 g/mol. The van der Waals surface area contributed by atoms with E-state index in [0.29, 0.717) is 38.2 Å². The van der Waals surface area contributed by atoms with E-state index in [-0.39, 0.29) is 5.97 Å². The zero-order chi connectivity index (χ0) is 17.2. The van der Waals surface area contributed by atoms with E-state index in [4.69, 9.17) is 9.47 Å². The first-order valence-electron chi connectivity index (χ1n) is 9.21. The third-order valence-corrected chi connectivity index (χ3v) is 4.64. The molecule has 2 rings (SSSR count). The largest absolute Gasteiger partial charge is 0.466 e. The van der Waals surface area contributed by atoms with Gasteiger partial charge in [0.25, 0.3) is 0 Å². The van der Waals surface area contributed by atoms with Crippen LogP contribution in [0.25, 0.3) is 0 Å². The summed E-state index contributed by atoms with van der Waals surface area (Å²) < 4.78 is 11.0. The lowest BCUT2D eigenvalue weighted by Crippen LogP contribution is -2.30. The minimum Gasteiger partial charge on any atom is -0.466 e. The highest BCUT2D eigenvalue weighted by atomic mass is 16.5. The Morgan fingerprint density at radius 1 is 1.17 bits per heavy atom. The van der Waals surface area contributed by atoms with Gasteiger partial charge in [0.15, 0.2) is 0 Å². The number of aryl methyl sites for hydroxylation is 1. The van der Waals surface area contributed by atoms with Crippen molar-refractivity contribution < 1.29 is 14.3 Å². The van der Waals surface area contributed by atoms with E-state index in [1.54, 1.807) is 0 Å². The Morgan fingerprint density at radius 3 is 2.54 bits per heavy atom. The van der Waals surface area contributed by atoms with Gasteiger partial charge in [0.1, 0.15) is 0 Å². The Bertz CT molecular complexity index is 478. The lowest BCUT2D eigenvalue weighted by Gasteiger charge is -2.28. The van der Waals surface area contributed by atoms with Crippen LogP contribution in [0.4, 0.5) is 0 Å². The van der Waals surface area contributed by atoms with Gasteiger partial charge in [-0.05, 0) is 57.6 Å². The first-order valence-corrected chi connectivity index (χ1v) is 9.21. The van der Waals surface area contributed by atoms with Crippen molar-refractivity contribution in [2.24, 2.45) is 5.92 Å². The molecule has 4 nitrogen and oxygen atoms in total. The van der Waals surface area contributed by atoms with Crippen LogP contribution in [0.2, 0.25) is 0 Å². The molecule has 0 unspecified atom stereocenters. The molecule has 24 heavy (non-hydrogen) atoms. The summed E-state index contributed by atoms with van der Waals surface area (Å²) in [5.74, 6) is 0.588. The van der Waals surface area contributed by atoms with Crippen molar-refractivity contribution in [2.75, 3.05) is 19.7 Å². The zero-order valence-corrected chi connectivity index (χ0v) is 15.1. The Kier molecular flexibility index (Phi) is 8.26. The van der Waals surface area contributed by atoms with Crippen LogP contribution in [0, 0.1) is 12.8 Å². The summed E-state index contributed by atoms with van der Waals surface area (Å²) >= 11 is 0. The molecule has 1 aliphatic rings. The molecule has 1 aromatic carbocycles. The summed E-state index contributed by atoms with van der Waals surface area (Å²) in [5.41, 5.74) is 2.54. The highest BCUT2D eigenvalue weighted by molar-refractivity contribution is 5.69. The van der Waals surface area contributed by atoms with Gasteiger partial charge in [-0.3, -0.25) is 4.79 Å². The zero-order valence-electron chi connectivity index (χ0n) is 15.1. The highest BCUT2D eigenvalue weighted by Crippen LogP contribution is 2.26. The van der Waals surface area contributed by atoms with Crippen molar-refractivity contribution in [3.63, 3.8) is 0 Å². The second-order valence-electron chi connectivity index (χ2n) is 6.70. The number of ether oxygens (including phenoxy) is 2. The van der Waals surface area contributed by atoms with Gasteiger partial charge in [0, 0.05) is 6.54 Å². The molecule has 134 valence electrons. The first kappa shape index (κ1) is 18.9. The van der Waals surface area contributed by atoms with Crippen LogP contribution >= 0.6 is 0 Å². The molecular weight excluding hydrogens is 302 g/mol. The molecule has 0 bridgehead atoms. The third-order valence-electron chi connectivity index (χ3n) is 4.64. The number of hydrogen-bond acceptors (Lipinski definition) is 4. The molecule has 1 saturated carbocycles. The molecule has 1 fully saturated rings. The third kappa shape index (κ3) is 7.02. The fourth-order valence-corrected chi connectivity index (χ4v) is 3.13. The summed E-state index contributed by atoms with van der Waals surface area (Å²) in [7, 11) is 0. The number of carbonyl (C=O) groups excluding carboxylic acids is 1. The van der Waals surface area contributed by atoms with Crippen molar-refractivity contribution in [3.05, 3.63) is 35.4 Å². The van der Waals surface area contributed by atoms with Crippen LogP contribution in [0.1, 0.15) is 50.2 Å². The average molecular weight is 333 g/mol. The lowest BCUT2D eigenvalue weighted by molar-refractivity contribution is -0.142. The predicted molar refractivity (Wildman–Crippen MR) is 95.8 cm³/mol. The van der Waals surface area contributed by atoms with Crippen molar-refractivity contribution in [3.8, 4) is 0 Å². The van der Waals surface area contributed by atoms with Crippen LogP contribution < -0.4 is 5.32 Å². The van der Waals surface area contributed by atoms with Gasteiger partial charge in [-0.15, -0.1) is 0 Å². The second kappa shape index (κ2) is 10.5. The van der Waals surface area contributed by atoms with Crippen molar-refractivity contribution in [2.45, 2.75) is 58.7 Å². The van der Waals surface area contributed by atoms with E-state index in [1.165, 1.54) is 24.0 Å². The van der Waals surface area contributed by atoms with E-state index in [9.17, 15) is 4.79 Å². The van der Waals surface area contributed by atoms with E-state index >= 15 is 0 Å². The van der Waals surface area contributed by atoms with Crippen LogP contribution in [0.3, 0.4) is 0 Å². The molecule has 4 heteroatoms. The van der Waals surface area contributed by atoms with Gasteiger partial charge >= 0.3 is 5.97 Å². The van der Waals surface area contributed by atoms with Crippen LogP contribution in [-0.2, 0) is 20.9 Å². The maximum absolute atomic E-state index is 11.3. The number of nitrogens with one attached hydrogen (secondary N) is 1. The van der Waals surface area contributed by atoms with Gasteiger partial charge < -0.3 is 14.8 Å². The highest BCUT2D eigenvalue weighted by Gasteiger charge is 2.21. The van der Waals surface area contributed by atoms with E-state index in [1.807, 2.05) is 6.92 Å². The predicted octanol–water partition coefficient (Wildman–Crippen LogP) is 3.61. The van der Waals surface area contributed by atoms with E-state index < -0.39 is 0 Å². The molecule has 0 heterocycles. The van der Waals surface area contributed by atoms with Gasteiger partial charge in [0.2, 0.25) is 0 Å². The maximum atomic E-state index is 11.3. The Labute approximate surface area is 145 Å². The average Bonchev–Trinajstić information content (AvgIpc) is 2.59. The summed E-state index contributed by atoms with van der Waals surface area (Å²) in [4.78, 5) is 11.3. The second-order valence-corrected chi connectivity index (χ2v) is 6.70. The van der Waals surface area contributed by atoms with Gasteiger partial charge in [-0.25, -0.2) is 0 Å². The van der Waals surface area contributed by atoms with Crippen LogP contribution in [0.5, 0.6) is 0 Å². The van der Waals surface area contributed by atoms with Crippen molar-refractivity contribution >= 4 is 5.97 Å². The molecule has 0 spiro atoms. The molecule has 0 amide bonds. The normalized spacial score (nSPS) is 20.8. The van der Waals surface area contributed by atoms with E-state index in [0.717, 1.165) is 19.4 Å². The van der Waals surface area contributed by atoms with Crippen LogP contribution in [-0.4, -0.2) is 31.8 Å². The minimum atomic E-state index is -0.113. The van der Waals surface area contributed by atoms with E-state index in [2.05, 4.69) is 36.5 Å². The summed E-state index contributed by atoms with van der Waals surface area (Å²) in [6, 6.07) is 8.57. The molecule has 1 aliphatic carbocycles. The Morgan fingerprint density at radius 2 is 1.88 bits per heavy atom. The summed E-state index contributed by atoms with van der Waals surface area (Å²) in [6.45, 7) is 6.82. The van der Waals surface area contributed by atoms with Gasteiger partial charge in [-0.2, -0.15) is 0 Å². The number of rotatable bonds is 9. The Hall–Kier alpha value is -1.39. The standard InChI is InChI=1S/C20H31NO3/c1-3-23-20(22)12-13-21-14-17-8-10-19(11-9-17)24-15-18-6-4-16(2)5-7-18/h4-7,17,19,21H,3,8-15H2,1-2H3. The first-order chi connectivity index (χ1) is 11.7. The number of hydrogen-bond donors (Lipinski definition) is 1. The minimum absolute atomic E-state index is 0.113. The van der Waals surface area contributed by atoms with Gasteiger partial charge in [-0.1, -0.05) is 29.8 Å². The van der Waals surface area contributed by atoms with Crippen LogP contribution in [0.15, 0.2) is 24.3 Å². The molecule has 0 aromatic heterocycles. The van der Waals surface area contributed by atoms with Crippen molar-refractivity contribution in [1.29, 1.82) is 0 Å². The lowest BCUT2D eigenvalue weighted by atomic mass is 9.87. The SMILES string of the molecule is CCOC(=O)CCNCC1CCC(OCc2ccc(C)cc2)CC1. The quantitative estimate of drug-likeness (QED) is 0.554. The topological polar surface area (TPSA) is 47.6 Å². The number of esters is 1. The van der Waals surface area contributed by atoms with Gasteiger partial charge in [0.05, 0.1) is 25.7 Å². The fraction of sp³-hybridized carbons (Fsp3) is 0.650. The maximum Gasteiger partial charge on any atom is 0.307 e. The molecule has 1 N–H and O–H groups in total. The molecular formula is C20H31NO3. The molecule has 0 aliphatic heterocycles. The molecule has 0 radical (unpaired) electrons. The number of carbonyl (C=O) groups is 1. The Balaban J connectivity index is 1.54. The smallest absolute Gasteiger partial charge is 0.307 e. The molecule has 0 saturated heterocycles. The molecule has 1 aromatic rings. The molecule has 0 atom stereocenters.